The molecule has 0 saturated heterocycles. The largest absolute Gasteiger partial charge is 0.494 e. The number of amides is 2. The molecule has 0 aliphatic carbocycles. The average Bonchev–Trinajstić information content (AvgIpc) is 2.90. The Morgan fingerprint density at radius 2 is 2.13 bits per heavy atom. The van der Waals surface area contributed by atoms with E-state index in [1.807, 2.05) is 38.1 Å². The molecule has 1 aliphatic rings. The molecular formula is C16H21N5O2. The molecule has 0 bridgehead atoms. The number of fused-ring (bicyclic) bond motifs is 1. The van der Waals surface area contributed by atoms with Crippen LogP contribution in [0.15, 0.2) is 24.3 Å². The topological polar surface area (TPSA) is 81.1 Å². The lowest BCUT2D eigenvalue weighted by atomic mass is 10.1. The lowest BCUT2D eigenvalue weighted by Crippen LogP contribution is -2.43. The van der Waals surface area contributed by atoms with Crippen molar-refractivity contribution in [2.45, 2.75) is 39.3 Å². The molecule has 2 heterocycles. The molecule has 0 saturated carbocycles. The summed E-state index contributed by atoms with van der Waals surface area (Å²) in [6.07, 6.45) is 1.70. The second-order valence-corrected chi connectivity index (χ2v) is 5.57. The first-order valence-corrected chi connectivity index (χ1v) is 7.84. The summed E-state index contributed by atoms with van der Waals surface area (Å²) in [6, 6.07) is 7.22. The summed E-state index contributed by atoms with van der Waals surface area (Å²) in [7, 11) is 0. The predicted molar refractivity (Wildman–Crippen MR) is 86.6 cm³/mol. The van der Waals surface area contributed by atoms with Gasteiger partial charge in [-0.05, 0) is 44.5 Å². The van der Waals surface area contributed by atoms with E-state index in [1.165, 1.54) is 0 Å². The molecule has 0 spiro atoms. The number of nitrogens with one attached hydrogen (secondary N) is 2. The SMILES string of the molecule is CCOc1ccc(NC(=O)N[C@@H]2CCc3nnc(C)n3C2)cc1. The van der Waals surface area contributed by atoms with Gasteiger partial charge in [0.05, 0.1) is 6.61 Å². The highest BCUT2D eigenvalue weighted by Crippen LogP contribution is 2.17. The number of nitrogens with zero attached hydrogens (tertiary/aromatic N) is 3. The number of carbonyl (C=O) groups is 1. The van der Waals surface area contributed by atoms with Gasteiger partial charge in [0.1, 0.15) is 17.4 Å². The number of hydrogen-bond acceptors (Lipinski definition) is 4. The van der Waals surface area contributed by atoms with Crippen LogP contribution in [0.3, 0.4) is 0 Å². The van der Waals surface area contributed by atoms with E-state index in [4.69, 9.17) is 4.74 Å². The molecule has 0 fully saturated rings. The van der Waals surface area contributed by atoms with Crippen molar-refractivity contribution in [2.75, 3.05) is 11.9 Å². The minimum absolute atomic E-state index is 0.0832. The van der Waals surface area contributed by atoms with Crippen LogP contribution in [-0.2, 0) is 13.0 Å². The lowest BCUT2D eigenvalue weighted by molar-refractivity contribution is 0.244. The van der Waals surface area contributed by atoms with Gasteiger partial charge in [0.15, 0.2) is 0 Å². The van der Waals surface area contributed by atoms with Gasteiger partial charge in [-0.15, -0.1) is 10.2 Å². The Balaban J connectivity index is 1.54. The zero-order valence-electron chi connectivity index (χ0n) is 13.4. The Kier molecular flexibility index (Phi) is 4.45. The number of aromatic nitrogens is 3. The Morgan fingerprint density at radius 1 is 1.35 bits per heavy atom. The summed E-state index contributed by atoms with van der Waals surface area (Å²) in [5, 5.41) is 14.1. The zero-order chi connectivity index (χ0) is 16.2. The van der Waals surface area contributed by atoms with Gasteiger partial charge in [0, 0.05) is 24.7 Å². The summed E-state index contributed by atoms with van der Waals surface area (Å²) in [5.74, 6) is 2.67. The molecule has 122 valence electrons. The Hall–Kier alpha value is -2.57. The van der Waals surface area contributed by atoms with E-state index in [9.17, 15) is 4.79 Å². The fraction of sp³-hybridized carbons (Fsp3) is 0.438. The molecular weight excluding hydrogens is 294 g/mol. The summed E-state index contributed by atoms with van der Waals surface area (Å²) in [4.78, 5) is 12.1. The van der Waals surface area contributed by atoms with Crippen molar-refractivity contribution in [1.82, 2.24) is 20.1 Å². The molecule has 1 aromatic carbocycles. The number of rotatable bonds is 4. The van der Waals surface area contributed by atoms with Crippen molar-refractivity contribution in [2.24, 2.45) is 0 Å². The molecule has 1 atom stereocenters. The van der Waals surface area contributed by atoms with Crippen LogP contribution in [-0.4, -0.2) is 33.4 Å². The number of benzene rings is 1. The number of aryl methyl sites for hydroxylation is 2. The standard InChI is InChI=1S/C16H21N5O2/c1-3-23-14-7-4-12(5-8-14)17-16(22)18-13-6-9-15-20-19-11(2)21(15)10-13/h4-5,7-8,13H,3,6,9-10H2,1-2H3,(H2,17,18,22)/t13-/m1/s1. The summed E-state index contributed by atoms with van der Waals surface area (Å²) in [5.41, 5.74) is 0.739. The maximum Gasteiger partial charge on any atom is 0.319 e. The maximum absolute atomic E-state index is 12.1. The van der Waals surface area contributed by atoms with Gasteiger partial charge in [-0.25, -0.2) is 4.79 Å². The quantitative estimate of drug-likeness (QED) is 0.905. The van der Waals surface area contributed by atoms with Gasteiger partial charge in [-0.2, -0.15) is 0 Å². The smallest absolute Gasteiger partial charge is 0.319 e. The van der Waals surface area contributed by atoms with Crippen molar-refractivity contribution in [3.8, 4) is 5.75 Å². The number of anilines is 1. The van der Waals surface area contributed by atoms with Crippen molar-refractivity contribution >= 4 is 11.7 Å². The fourth-order valence-corrected chi connectivity index (χ4v) is 2.73. The normalized spacial score (nSPS) is 16.5. The van der Waals surface area contributed by atoms with Crippen LogP contribution in [0.2, 0.25) is 0 Å². The lowest BCUT2D eigenvalue weighted by Gasteiger charge is -2.25. The molecule has 2 aromatic rings. The van der Waals surface area contributed by atoms with Crippen molar-refractivity contribution in [1.29, 1.82) is 0 Å². The van der Waals surface area contributed by atoms with Crippen LogP contribution in [0.4, 0.5) is 10.5 Å². The first-order valence-electron chi connectivity index (χ1n) is 7.84. The van der Waals surface area contributed by atoms with E-state index >= 15 is 0 Å². The number of urea groups is 1. The zero-order valence-corrected chi connectivity index (χ0v) is 13.4. The van der Waals surface area contributed by atoms with Gasteiger partial charge in [0.2, 0.25) is 0 Å². The molecule has 2 amide bonds. The van der Waals surface area contributed by atoms with Gasteiger partial charge in [-0.3, -0.25) is 0 Å². The predicted octanol–water partition coefficient (Wildman–Crippen LogP) is 2.12. The van der Waals surface area contributed by atoms with Crippen molar-refractivity contribution in [3.63, 3.8) is 0 Å². The maximum atomic E-state index is 12.1. The third-order valence-corrected chi connectivity index (χ3v) is 3.89. The van der Waals surface area contributed by atoms with E-state index < -0.39 is 0 Å². The monoisotopic (exact) mass is 315 g/mol. The van der Waals surface area contributed by atoms with Gasteiger partial charge in [-0.1, -0.05) is 0 Å². The van der Waals surface area contributed by atoms with Crippen LogP contribution < -0.4 is 15.4 Å². The van der Waals surface area contributed by atoms with Crippen LogP contribution in [0.1, 0.15) is 25.0 Å². The molecule has 2 N–H and O–H groups in total. The van der Waals surface area contributed by atoms with Crippen molar-refractivity contribution in [3.05, 3.63) is 35.9 Å². The Labute approximate surface area is 135 Å². The van der Waals surface area contributed by atoms with E-state index in [0.29, 0.717) is 13.2 Å². The second-order valence-electron chi connectivity index (χ2n) is 5.57. The van der Waals surface area contributed by atoms with Crippen LogP contribution in [0.25, 0.3) is 0 Å². The average molecular weight is 315 g/mol. The molecule has 0 unspecified atom stereocenters. The highest BCUT2D eigenvalue weighted by Gasteiger charge is 2.22. The van der Waals surface area contributed by atoms with E-state index in [1.54, 1.807) is 0 Å². The molecule has 1 aliphatic heterocycles. The summed E-state index contributed by atoms with van der Waals surface area (Å²) >= 11 is 0. The Bertz CT molecular complexity index is 680. The minimum Gasteiger partial charge on any atom is -0.494 e. The molecule has 7 nitrogen and oxygen atoms in total. The Morgan fingerprint density at radius 3 is 2.87 bits per heavy atom. The van der Waals surface area contributed by atoms with Crippen LogP contribution >= 0.6 is 0 Å². The van der Waals surface area contributed by atoms with E-state index in [-0.39, 0.29) is 12.1 Å². The molecule has 1 aromatic heterocycles. The number of carbonyl (C=O) groups excluding carboxylic acids is 1. The summed E-state index contributed by atoms with van der Waals surface area (Å²) < 4.78 is 7.44. The highest BCUT2D eigenvalue weighted by atomic mass is 16.5. The third-order valence-electron chi connectivity index (χ3n) is 3.89. The van der Waals surface area contributed by atoms with E-state index in [2.05, 4.69) is 25.4 Å². The number of ether oxygens (including phenoxy) is 1. The minimum atomic E-state index is -0.201. The second kappa shape index (κ2) is 6.68. The van der Waals surface area contributed by atoms with Gasteiger partial charge in [0.25, 0.3) is 0 Å². The van der Waals surface area contributed by atoms with Crippen molar-refractivity contribution < 1.29 is 9.53 Å². The first-order chi connectivity index (χ1) is 11.2. The molecule has 0 radical (unpaired) electrons. The highest BCUT2D eigenvalue weighted by molar-refractivity contribution is 5.89. The van der Waals surface area contributed by atoms with Crippen LogP contribution in [0, 0.1) is 6.92 Å². The van der Waals surface area contributed by atoms with E-state index in [0.717, 1.165) is 35.9 Å². The fourth-order valence-electron chi connectivity index (χ4n) is 2.73. The first kappa shape index (κ1) is 15.3. The number of hydrogen-bond donors (Lipinski definition) is 2. The molecule has 7 heteroatoms. The van der Waals surface area contributed by atoms with Gasteiger partial charge >= 0.3 is 6.03 Å². The molecule has 3 rings (SSSR count). The molecule has 23 heavy (non-hydrogen) atoms. The third kappa shape index (κ3) is 3.61. The summed E-state index contributed by atoms with van der Waals surface area (Å²) in [6.45, 7) is 5.20. The van der Waals surface area contributed by atoms with Gasteiger partial charge < -0.3 is 19.9 Å². The van der Waals surface area contributed by atoms with Crippen LogP contribution in [0.5, 0.6) is 5.75 Å².